The van der Waals surface area contributed by atoms with Crippen molar-refractivity contribution in [2.24, 2.45) is 5.10 Å². The number of carbonyl (C=O) groups excluding carboxylic acids is 1. The maximum Gasteiger partial charge on any atom is 0.289 e. The minimum Gasteiger partial charge on any atom is -0.455 e. The van der Waals surface area contributed by atoms with Crippen LogP contribution in [0.15, 0.2) is 64.2 Å². The molecule has 0 saturated heterocycles. The number of aromatic nitrogens is 1. The SMILES string of the molecule is O=C(NN=Cc1ccc(-c2cc(Cl)ccc2Cl)o1)c1ccccn1. The zero-order chi connectivity index (χ0) is 16.9. The highest BCUT2D eigenvalue weighted by molar-refractivity contribution is 6.35. The molecule has 1 N–H and O–H groups in total. The van der Waals surface area contributed by atoms with Gasteiger partial charge in [0.1, 0.15) is 17.2 Å². The van der Waals surface area contributed by atoms with Crippen molar-refractivity contribution in [3.05, 3.63) is 76.2 Å². The molecule has 0 aliphatic carbocycles. The zero-order valence-corrected chi connectivity index (χ0v) is 13.8. The molecular weight excluding hydrogens is 349 g/mol. The van der Waals surface area contributed by atoms with Gasteiger partial charge >= 0.3 is 0 Å². The highest BCUT2D eigenvalue weighted by Gasteiger charge is 2.09. The Morgan fingerprint density at radius 3 is 2.83 bits per heavy atom. The Bertz CT molecular complexity index is 892. The third kappa shape index (κ3) is 3.82. The van der Waals surface area contributed by atoms with Crippen LogP contribution in [0.2, 0.25) is 10.0 Å². The minimum atomic E-state index is -0.406. The summed E-state index contributed by atoms with van der Waals surface area (Å²) in [5.41, 5.74) is 3.34. The van der Waals surface area contributed by atoms with Crippen molar-refractivity contribution >= 4 is 35.3 Å². The Morgan fingerprint density at radius 1 is 1.17 bits per heavy atom. The fourth-order valence-corrected chi connectivity index (χ4v) is 2.34. The topological polar surface area (TPSA) is 67.5 Å². The fraction of sp³-hybridized carbons (Fsp3) is 0. The quantitative estimate of drug-likeness (QED) is 0.554. The molecule has 0 spiro atoms. The third-order valence-electron chi connectivity index (χ3n) is 3.08. The molecule has 0 bridgehead atoms. The lowest BCUT2D eigenvalue weighted by Crippen LogP contribution is -2.18. The number of benzene rings is 1. The van der Waals surface area contributed by atoms with E-state index < -0.39 is 5.91 Å². The first-order valence-electron chi connectivity index (χ1n) is 6.93. The van der Waals surface area contributed by atoms with Gasteiger partial charge < -0.3 is 4.42 Å². The number of carbonyl (C=O) groups is 1. The lowest BCUT2D eigenvalue weighted by molar-refractivity contribution is 0.0950. The van der Waals surface area contributed by atoms with Crippen molar-refractivity contribution in [2.45, 2.75) is 0 Å². The van der Waals surface area contributed by atoms with Crippen molar-refractivity contribution in [1.29, 1.82) is 0 Å². The molecule has 120 valence electrons. The summed E-state index contributed by atoms with van der Waals surface area (Å²) in [5, 5.41) is 4.93. The van der Waals surface area contributed by atoms with Crippen LogP contribution in [-0.2, 0) is 0 Å². The van der Waals surface area contributed by atoms with Crippen LogP contribution in [0.5, 0.6) is 0 Å². The van der Waals surface area contributed by atoms with E-state index in [9.17, 15) is 4.79 Å². The number of hydrogen-bond donors (Lipinski definition) is 1. The zero-order valence-electron chi connectivity index (χ0n) is 12.2. The van der Waals surface area contributed by atoms with Gasteiger partial charge in [-0.2, -0.15) is 5.10 Å². The van der Waals surface area contributed by atoms with Gasteiger partial charge in [0.2, 0.25) is 0 Å². The van der Waals surface area contributed by atoms with E-state index in [1.807, 2.05) is 0 Å². The third-order valence-corrected chi connectivity index (χ3v) is 3.64. The number of hydrazone groups is 1. The van der Waals surface area contributed by atoms with Crippen molar-refractivity contribution in [2.75, 3.05) is 0 Å². The van der Waals surface area contributed by atoms with Crippen LogP contribution in [0.25, 0.3) is 11.3 Å². The number of hydrogen-bond acceptors (Lipinski definition) is 4. The van der Waals surface area contributed by atoms with Crippen molar-refractivity contribution in [3.8, 4) is 11.3 Å². The predicted octanol–water partition coefficient (Wildman–Crippen LogP) is 4.41. The summed E-state index contributed by atoms with van der Waals surface area (Å²) in [6.45, 7) is 0. The summed E-state index contributed by atoms with van der Waals surface area (Å²) in [4.78, 5) is 15.7. The number of pyridine rings is 1. The van der Waals surface area contributed by atoms with Gasteiger partial charge in [-0.05, 0) is 42.5 Å². The van der Waals surface area contributed by atoms with Gasteiger partial charge in [0.15, 0.2) is 0 Å². The highest BCUT2D eigenvalue weighted by atomic mass is 35.5. The first kappa shape index (κ1) is 16.2. The second-order valence-corrected chi connectivity index (χ2v) is 5.58. The van der Waals surface area contributed by atoms with Crippen LogP contribution in [0.3, 0.4) is 0 Å². The van der Waals surface area contributed by atoms with Crippen LogP contribution in [0.1, 0.15) is 16.2 Å². The van der Waals surface area contributed by atoms with E-state index >= 15 is 0 Å². The lowest BCUT2D eigenvalue weighted by Gasteiger charge is -2.01. The number of furan rings is 1. The standard InChI is InChI=1S/C17H11Cl2N3O2/c18-11-4-6-14(19)13(9-11)16-7-5-12(24-16)10-21-22-17(23)15-3-1-2-8-20-15/h1-10H,(H,22,23). The first-order valence-corrected chi connectivity index (χ1v) is 7.69. The molecule has 3 rings (SSSR count). The molecular formula is C17H11Cl2N3O2. The summed E-state index contributed by atoms with van der Waals surface area (Å²) >= 11 is 12.1. The predicted molar refractivity (Wildman–Crippen MR) is 93.5 cm³/mol. The molecule has 7 heteroatoms. The van der Waals surface area contributed by atoms with E-state index in [-0.39, 0.29) is 5.69 Å². The molecule has 0 radical (unpaired) electrons. The molecule has 24 heavy (non-hydrogen) atoms. The number of nitrogens with one attached hydrogen (secondary N) is 1. The monoisotopic (exact) mass is 359 g/mol. The van der Waals surface area contributed by atoms with Gasteiger partial charge in [0.05, 0.1) is 11.2 Å². The molecule has 2 heterocycles. The van der Waals surface area contributed by atoms with Gasteiger partial charge in [0, 0.05) is 16.8 Å². The maximum atomic E-state index is 11.8. The minimum absolute atomic E-state index is 0.278. The van der Waals surface area contributed by atoms with E-state index in [1.165, 1.54) is 12.4 Å². The number of amides is 1. The van der Waals surface area contributed by atoms with Crippen LogP contribution >= 0.6 is 23.2 Å². The van der Waals surface area contributed by atoms with E-state index in [0.717, 1.165) is 0 Å². The number of halogens is 2. The van der Waals surface area contributed by atoms with Gasteiger partial charge in [-0.15, -0.1) is 0 Å². The molecule has 0 aliphatic rings. The average Bonchev–Trinajstić information content (AvgIpc) is 3.06. The van der Waals surface area contributed by atoms with Crippen molar-refractivity contribution in [1.82, 2.24) is 10.4 Å². The van der Waals surface area contributed by atoms with Gasteiger partial charge in [-0.3, -0.25) is 9.78 Å². The Morgan fingerprint density at radius 2 is 2.04 bits per heavy atom. The van der Waals surface area contributed by atoms with Gasteiger partial charge in [-0.1, -0.05) is 29.3 Å². The molecule has 1 amide bonds. The maximum absolute atomic E-state index is 11.8. The van der Waals surface area contributed by atoms with Crippen molar-refractivity contribution in [3.63, 3.8) is 0 Å². The Hall–Kier alpha value is -2.63. The van der Waals surface area contributed by atoms with Crippen LogP contribution < -0.4 is 5.43 Å². The van der Waals surface area contributed by atoms with E-state index in [4.69, 9.17) is 27.6 Å². The highest BCUT2D eigenvalue weighted by Crippen LogP contribution is 2.31. The summed E-state index contributed by atoms with van der Waals surface area (Å²) in [6, 6.07) is 13.6. The second-order valence-electron chi connectivity index (χ2n) is 4.74. The summed E-state index contributed by atoms with van der Waals surface area (Å²) in [5.74, 6) is 0.610. The van der Waals surface area contributed by atoms with Crippen LogP contribution in [0.4, 0.5) is 0 Å². The molecule has 3 aromatic rings. The smallest absolute Gasteiger partial charge is 0.289 e. The second kappa shape index (κ2) is 7.29. The van der Waals surface area contributed by atoms with Gasteiger partial charge in [0.25, 0.3) is 5.91 Å². The molecule has 2 aromatic heterocycles. The largest absolute Gasteiger partial charge is 0.455 e. The van der Waals surface area contributed by atoms with E-state index in [2.05, 4.69) is 15.5 Å². The number of rotatable bonds is 4. The number of nitrogens with zero attached hydrogens (tertiary/aromatic N) is 2. The van der Waals surface area contributed by atoms with Crippen LogP contribution in [0, 0.1) is 0 Å². The van der Waals surface area contributed by atoms with Crippen molar-refractivity contribution < 1.29 is 9.21 Å². The Kier molecular flexibility index (Phi) is 4.93. The Balaban J connectivity index is 1.70. The van der Waals surface area contributed by atoms with Crippen LogP contribution in [-0.4, -0.2) is 17.1 Å². The molecule has 5 nitrogen and oxygen atoms in total. The molecule has 0 saturated carbocycles. The molecule has 0 unspecified atom stereocenters. The molecule has 1 aromatic carbocycles. The normalized spacial score (nSPS) is 10.9. The lowest BCUT2D eigenvalue weighted by atomic mass is 10.2. The molecule has 0 atom stereocenters. The summed E-state index contributed by atoms with van der Waals surface area (Å²) < 4.78 is 5.63. The molecule has 0 fully saturated rings. The summed E-state index contributed by atoms with van der Waals surface area (Å²) in [6.07, 6.45) is 2.93. The van der Waals surface area contributed by atoms with E-state index in [1.54, 1.807) is 48.5 Å². The Labute approximate surface area is 147 Å². The fourth-order valence-electron chi connectivity index (χ4n) is 1.96. The first-order chi connectivity index (χ1) is 11.6. The average molecular weight is 360 g/mol. The molecule has 0 aliphatic heterocycles. The summed E-state index contributed by atoms with van der Waals surface area (Å²) in [7, 11) is 0. The van der Waals surface area contributed by atoms with E-state index in [0.29, 0.717) is 27.1 Å². The van der Waals surface area contributed by atoms with Gasteiger partial charge in [-0.25, -0.2) is 5.43 Å².